The molecule has 13 heavy (non-hydrogen) atoms. The minimum atomic E-state index is 1.13. The summed E-state index contributed by atoms with van der Waals surface area (Å²) in [4.78, 5) is 0. The molecule has 0 amide bonds. The molecule has 0 N–H and O–H groups in total. The molecule has 2 nitrogen and oxygen atoms in total. The van der Waals surface area contributed by atoms with Crippen molar-refractivity contribution in [3.05, 3.63) is 47.8 Å². The molecule has 1 heterocycles. The third-order valence-electron chi connectivity index (χ3n) is 1.98. The summed E-state index contributed by atoms with van der Waals surface area (Å²) in [6, 6.07) is 8.34. The van der Waals surface area contributed by atoms with E-state index in [2.05, 4.69) is 37.1 Å². The van der Waals surface area contributed by atoms with E-state index in [9.17, 15) is 0 Å². The highest BCUT2D eigenvalue weighted by atomic mass is 15.3. The molecule has 0 atom stereocenters. The van der Waals surface area contributed by atoms with Crippen molar-refractivity contribution in [3.8, 4) is 5.69 Å². The number of hydrogen-bond acceptors (Lipinski definition) is 1. The van der Waals surface area contributed by atoms with Gasteiger partial charge in [0.25, 0.3) is 0 Å². The summed E-state index contributed by atoms with van der Waals surface area (Å²) >= 11 is 0. The van der Waals surface area contributed by atoms with Crippen molar-refractivity contribution in [2.45, 2.75) is 13.8 Å². The monoisotopic (exact) mass is 172 g/mol. The normalized spacial score (nSPS) is 10.3. The number of nitrogens with zero attached hydrogens (tertiary/aromatic N) is 2. The van der Waals surface area contributed by atoms with Crippen LogP contribution in [0.3, 0.4) is 0 Å². The summed E-state index contributed by atoms with van der Waals surface area (Å²) < 4.78 is 1.88. The Labute approximate surface area is 77.8 Å². The van der Waals surface area contributed by atoms with Crippen LogP contribution in [0.4, 0.5) is 0 Å². The van der Waals surface area contributed by atoms with Crippen LogP contribution in [0.2, 0.25) is 0 Å². The second-order valence-corrected chi connectivity index (χ2v) is 3.30. The van der Waals surface area contributed by atoms with Gasteiger partial charge in [0.2, 0.25) is 0 Å². The highest BCUT2D eigenvalue weighted by molar-refractivity contribution is 5.38. The second-order valence-electron chi connectivity index (χ2n) is 3.30. The number of aryl methyl sites for hydroxylation is 2. The minimum Gasteiger partial charge on any atom is -0.241 e. The first-order valence-corrected chi connectivity index (χ1v) is 4.34. The van der Waals surface area contributed by atoms with E-state index >= 15 is 0 Å². The Morgan fingerprint density at radius 1 is 1.08 bits per heavy atom. The van der Waals surface area contributed by atoms with Gasteiger partial charge in [-0.15, -0.1) is 0 Å². The summed E-state index contributed by atoms with van der Waals surface area (Å²) in [7, 11) is 0. The van der Waals surface area contributed by atoms with Crippen LogP contribution in [0.1, 0.15) is 11.1 Å². The summed E-state index contributed by atoms with van der Waals surface area (Å²) in [6.45, 7) is 4.19. The lowest BCUT2D eigenvalue weighted by atomic mass is 10.1. The number of benzene rings is 1. The Morgan fingerprint density at radius 3 is 2.31 bits per heavy atom. The molecule has 0 saturated heterocycles. The van der Waals surface area contributed by atoms with E-state index < -0.39 is 0 Å². The highest BCUT2D eigenvalue weighted by Gasteiger charge is 1.97. The average molecular weight is 172 g/mol. The number of hydrogen-bond donors (Lipinski definition) is 0. The molecule has 2 aromatic rings. The Hall–Kier alpha value is -1.57. The van der Waals surface area contributed by atoms with E-state index in [0.29, 0.717) is 0 Å². The first-order valence-electron chi connectivity index (χ1n) is 4.34. The Kier molecular flexibility index (Phi) is 1.89. The fraction of sp³-hybridized carbons (Fsp3) is 0.182. The zero-order valence-electron chi connectivity index (χ0n) is 7.86. The molecule has 0 saturated carbocycles. The maximum Gasteiger partial charge on any atom is 0.0650 e. The maximum atomic E-state index is 4.19. The molecule has 0 radical (unpaired) electrons. The molecule has 0 aliphatic heterocycles. The van der Waals surface area contributed by atoms with Crippen molar-refractivity contribution in [2.24, 2.45) is 0 Å². The molecule has 66 valence electrons. The van der Waals surface area contributed by atoms with E-state index in [1.807, 2.05) is 16.9 Å². The topological polar surface area (TPSA) is 17.8 Å². The maximum absolute atomic E-state index is 4.19. The van der Waals surface area contributed by atoms with Crippen molar-refractivity contribution in [3.63, 3.8) is 0 Å². The van der Waals surface area contributed by atoms with Crippen LogP contribution < -0.4 is 0 Å². The van der Waals surface area contributed by atoms with Gasteiger partial charge < -0.3 is 0 Å². The molecule has 0 fully saturated rings. The SMILES string of the molecule is Cc1cc(C)cc(-n2cccn2)c1. The quantitative estimate of drug-likeness (QED) is 0.646. The molecule has 0 aliphatic rings. The first kappa shape index (κ1) is 8.05. The minimum absolute atomic E-state index is 1.13. The summed E-state index contributed by atoms with van der Waals surface area (Å²) in [6.07, 6.45) is 3.74. The van der Waals surface area contributed by atoms with Gasteiger partial charge in [-0.05, 0) is 43.2 Å². The molecule has 1 aromatic heterocycles. The van der Waals surface area contributed by atoms with Crippen molar-refractivity contribution < 1.29 is 0 Å². The lowest BCUT2D eigenvalue weighted by Gasteiger charge is -2.04. The first-order chi connectivity index (χ1) is 6.25. The summed E-state index contributed by atoms with van der Waals surface area (Å²) in [5.74, 6) is 0. The standard InChI is InChI=1S/C11H12N2/c1-9-6-10(2)8-11(7-9)13-5-3-4-12-13/h3-8H,1-2H3. The van der Waals surface area contributed by atoms with E-state index in [-0.39, 0.29) is 0 Å². The van der Waals surface area contributed by atoms with Crippen molar-refractivity contribution in [1.82, 2.24) is 9.78 Å². The Bertz CT molecular complexity index is 382. The van der Waals surface area contributed by atoms with Crippen LogP contribution in [0.25, 0.3) is 5.69 Å². The second kappa shape index (κ2) is 3.05. The van der Waals surface area contributed by atoms with Crippen LogP contribution in [-0.4, -0.2) is 9.78 Å². The van der Waals surface area contributed by atoms with Gasteiger partial charge in [-0.3, -0.25) is 0 Å². The van der Waals surface area contributed by atoms with Crippen LogP contribution in [0, 0.1) is 13.8 Å². The van der Waals surface area contributed by atoms with Gasteiger partial charge in [0.15, 0.2) is 0 Å². The van der Waals surface area contributed by atoms with Crippen molar-refractivity contribution in [2.75, 3.05) is 0 Å². The van der Waals surface area contributed by atoms with Crippen LogP contribution in [0.5, 0.6) is 0 Å². The van der Waals surface area contributed by atoms with Gasteiger partial charge in [0.1, 0.15) is 0 Å². The van der Waals surface area contributed by atoms with Crippen LogP contribution in [-0.2, 0) is 0 Å². The van der Waals surface area contributed by atoms with E-state index in [1.54, 1.807) is 6.20 Å². The fourth-order valence-electron chi connectivity index (χ4n) is 1.50. The predicted molar refractivity (Wildman–Crippen MR) is 53.0 cm³/mol. The summed E-state index contributed by atoms with van der Waals surface area (Å²) in [5.41, 5.74) is 3.67. The number of rotatable bonds is 1. The van der Waals surface area contributed by atoms with Gasteiger partial charge in [-0.25, -0.2) is 4.68 Å². The molecular formula is C11H12N2. The van der Waals surface area contributed by atoms with Crippen molar-refractivity contribution >= 4 is 0 Å². The molecular weight excluding hydrogens is 160 g/mol. The van der Waals surface area contributed by atoms with E-state index in [4.69, 9.17) is 0 Å². The predicted octanol–water partition coefficient (Wildman–Crippen LogP) is 2.49. The molecule has 2 rings (SSSR count). The van der Waals surface area contributed by atoms with Crippen LogP contribution in [0.15, 0.2) is 36.7 Å². The third-order valence-corrected chi connectivity index (χ3v) is 1.98. The lowest BCUT2D eigenvalue weighted by Crippen LogP contribution is -1.95. The summed E-state index contributed by atoms with van der Waals surface area (Å²) in [5, 5.41) is 4.19. The molecule has 2 heteroatoms. The highest BCUT2D eigenvalue weighted by Crippen LogP contribution is 2.11. The molecule has 0 aliphatic carbocycles. The van der Waals surface area contributed by atoms with Gasteiger partial charge in [0.05, 0.1) is 5.69 Å². The average Bonchev–Trinajstić information content (AvgIpc) is 2.53. The fourth-order valence-corrected chi connectivity index (χ4v) is 1.50. The van der Waals surface area contributed by atoms with E-state index in [0.717, 1.165) is 5.69 Å². The Morgan fingerprint density at radius 2 is 1.77 bits per heavy atom. The van der Waals surface area contributed by atoms with E-state index in [1.165, 1.54) is 11.1 Å². The molecule has 0 spiro atoms. The molecule has 0 bridgehead atoms. The number of aromatic nitrogens is 2. The zero-order chi connectivity index (χ0) is 9.26. The smallest absolute Gasteiger partial charge is 0.0650 e. The van der Waals surface area contributed by atoms with Gasteiger partial charge in [0, 0.05) is 12.4 Å². The van der Waals surface area contributed by atoms with Gasteiger partial charge in [-0.2, -0.15) is 5.10 Å². The van der Waals surface area contributed by atoms with Gasteiger partial charge >= 0.3 is 0 Å². The zero-order valence-corrected chi connectivity index (χ0v) is 7.86. The Balaban J connectivity index is 2.53. The molecule has 0 unspecified atom stereocenters. The van der Waals surface area contributed by atoms with Gasteiger partial charge in [-0.1, -0.05) is 6.07 Å². The third kappa shape index (κ3) is 1.61. The lowest BCUT2D eigenvalue weighted by molar-refractivity contribution is 0.877. The molecule has 1 aromatic carbocycles. The van der Waals surface area contributed by atoms with Crippen molar-refractivity contribution in [1.29, 1.82) is 0 Å². The largest absolute Gasteiger partial charge is 0.241 e. The van der Waals surface area contributed by atoms with Crippen LogP contribution >= 0.6 is 0 Å².